The fourth-order valence-electron chi connectivity index (χ4n) is 8.10. The summed E-state index contributed by atoms with van der Waals surface area (Å²) in [6.07, 6.45) is 0. The monoisotopic (exact) mass is 648 g/mol. The predicted octanol–water partition coefficient (Wildman–Crippen LogP) is 12.7. The molecular formula is C48H28N2O. The standard InChI is InChI=1S/C48H28N2O/c1-3-13-33(14-4-1)49-43-20-10-7-17-35(43)37-25-23-32(28-45(37)49)40-30-46-41(36-18-8-11-21-44(36)50(46)34-15-5-2-6-16-34)29-39(40)31-24-26-48-42(27-31)38-19-9-12-22-47(38)51-48/h1-7,9-17,19-30H. The Morgan fingerprint density at radius 2 is 1.00 bits per heavy atom. The van der Waals surface area contributed by atoms with Crippen molar-refractivity contribution >= 4 is 65.6 Å². The minimum atomic E-state index is 0.889. The van der Waals surface area contributed by atoms with Crippen LogP contribution in [0, 0.1) is 12.1 Å². The van der Waals surface area contributed by atoms with E-state index in [0.29, 0.717) is 0 Å². The molecule has 8 aromatic carbocycles. The topological polar surface area (TPSA) is 23.0 Å². The van der Waals surface area contributed by atoms with Gasteiger partial charge in [0.15, 0.2) is 0 Å². The number of hydrogen-bond acceptors (Lipinski definition) is 1. The van der Waals surface area contributed by atoms with Crippen LogP contribution < -0.4 is 0 Å². The number of aromatic nitrogens is 2. The highest BCUT2D eigenvalue weighted by Crippen LogP contribution is 2.43. The number of hydrogen-bond donors (Lipinski definition) is 0. The highest BCUT2D eigenvalue weighted by Gasteiger charge is 2.20. The Kier molecular flexibility index (Phi) is 5.87. The van der Waals surface area contributed by atoms with Gasteiger partial charge in [-0.15, -0.1) is 0 Å². The van der Waals surface area contributed by atoms with Crippen molar-refractivity contribution in [3.63, 3.8) is 0 Å². The third-order valence-electron chi connectivity index (χ3n) is 10.4. The predicted molar refractivity (Wildman–Crippen MR) is 211 cm³/mol. The van der Waals surface area contributed by atoms with E-state index in [1.807, 2.05) is 18.2 Å². The third-order valence-corrected chi connectivity index (χ3v) is 10.4. The summed E-state index contributed by atoms with van der Waals surface area (Å²) in [7, 11) is 0. The van der Waals surface area contributed by atoms with Gasteiger partial charge in [-0.2, -0.15) is 0 Å². The molecule has 0 aliphatic carbocycles. The minimum absolute atomic E-state index is 0.889. The summed E-state index contributed by atoms with van der Waals surface area (Å²) >= 11 is 0. The summed E-state index contributed by atoms with van der Waals surface area (Å²) in [6, 6.07) is 67.4. The molecule has 0 atom stereocenters. The number of fused-ring (bicyclic) bond motifs is 9. The fourth-order valence-corrected chi connectivity index (χ4v) is 8.10. The van der Waals surface area contributed by atoms with Crippen molar-refractivity contribution in [3.05, 3.63) is 182 Å². The first-order valence-corrected chi connectivity index (χ1v) is 17.3. The van der Waals surface area contributed by atoms with E-state index in [1.54, 1.807) is 0 Å². The van der Waals surface area contributed by atoms with Crippen LogP contribution in [0.3, 0.4) is 0 Å². The van der Waals surface area contributed by atoms with E-state index in [2.05, 4.69) is 173 Å². The van der Waals surface area contributed by atoms with E-state index < -0.39 is 0 Å². The molecule has 0 N–H and O–H groups in total. The Labute approximate surface area is 293 Å². The second-order valence-electron chi connectivity index (χ2n) is 13.2. The molecule has 0 saturated carbocycles. The summed E-state index contributed by atoms with van der Waals surface area (Å²) in [5, 5.41) is 6.90. The summed E-state index contributed by atoms with van der Waals surface area (Å²) in [5.74, 6) is 0. The lowest BCUT2D eigenvalue weighted by molar-refractivity contribution is 0.669. The molecule has 3 heterocycles. The van der Waals surface area contributed by atoms with Crippen LogP contribution in [0.5, 0.6) is 0 Å². The molecule has 51 heavy (non-hydrogen) atoms. The Balaban J connectivity index is 1.26. The van der Waals surface area contributed by atoms with E-state index in [0.717, 1.165) is 77.4 Å². The summed E-state index contributed by atoms with van der Waals surface area (Å²) < 4.78 is 11.0. The van der Waals surface area contributed by atoms with Crippen LogP contribution in [0.2, 0.25) is 0 Å². The number of furan rings is 1. The second kappa shape index (κ2) is 10.7. The van der Waals surface area contributed by atoms with E-state index in [4.69, 9.17) is 4.42 Å². The molecule has 0 amide bonds. The van der Waals surface area contributed by atoms with Gasteiger partial charge in [-0.05, 0) is 101 Å². The smallest absolute Gasteiger partial charge is 0.135 e. The first kappa shape index (κ1) is 27.9. The summed E-state index contributed by atoms with van der Waals surface area (Å²) in [5.41, 5.74) is 13.2. The van der Waals surface area contributed by atoms with E-state index in [9.17, 15) is 0 Å². The minimum Gasteiger partial charge on any atom is -0.456 e. The highest BCUT2D eigenvalue weighted by molar-refractivity contribution is 6.14. The molecule has 3 nitrogen and oxygen atoms in total. The maximum Gasteiger partial charge on any atom is 0.135 e. The third kappa shape index (κ3) is 4.14. The normalized spacial score (nSPS) is 11.8. The number of benzene rings is 7. The van der Waals surface area contributed by atoms with Gasteiger partial charge in [0.2, 0.25) is 0 Å². The van der Waals surface area contributed by atoms with Crippen LogP contribution in [0.4, 0.5) is 0 Å². The lowest BCUT2D eigenvalue weighted by Crippen LogP contribution is -1.95. The zero-order valence-corrected chi connectivity index (χ0v) is 27.5. The van der Waals surface area contributed by atoms with Crippen molar-refractivity contribution in [1.29, 1.82) is 0 Å². The molecule has 3 aromatic heterocycles. The van der Waals surface area contributed by atoms with Gasteiger partial charge in [0.05, 0.1) is 27.5 Å². The van der Waals surface area contributed by atoms with Crippen molar-refractivity contribution in [3.8, 4) is 33.6 Å². The Bertz CT molecular complexity index is 3130. The van der Waals surface area contributed by atoms with E-state index >= 15 is 0 Å². The average molecular weight is 649 g/mol. The van der Waals surface area contributed by atoms with Gasteiger partial charge in [0.25, 0.3) is 0 Å². The van der Waals surface area contributed by atoms with Crippen molar-refractivity contribution in [1.82, 2.24) is 9.13 Å². The summed E-state index contributed by atoms with van der Waals surface area (Å²) in [6.45, 7) is 0. The van der Waals surface area contributed by atoms with E-state index in [-0.39, 0.29) is 0 Å². The van der Waals surface area contributed by atoms with Gasteiger partial charge in [-0.3, -0.25) is 0 Å². The van der Waals surface area contributed by atoms with Crippen LogP contribution in [0.1, 0.15) is 0 Å². The quantitative estimate of drug-likeness (QED) is 0.186. The zero-order valence-electron chi connectivity index (χ0n) is 27.5. The Hall–Kier alpha value is -7.02. The van der Waals surface area contributed by atoms with Crippen molar-refractivity contribution in [2.75, 3.05) is 0 Å². The molecule has 0 aliphatic heterocycles. The molecule has 0 aliphatic rings. The molecule has 0 unspecified atom stereocenters. The maximum atomic E-state index is 6.26. The highest BCUT2D eigenvalue weighted by atomic mass is 16.3. The SMILES string of the molecule is c1ccc2c(c#1)c1cc(-c3ccc4oc5ccccc5c4c3)c(-c3ccc4c5ccccc5n(-c5ccccc5)c4c3)cc1n2-c1ccccc1. The van der Waals surface area contributed by atoms with Gasteiger partial charge in [0.1, 0.15) is 11.2 Å². The van der Waals surface area contributed by atoms with Crippen molar-refractivity contribution < 1.29 is 4.42 Å². The van der Waals surface area contributed by atoms with Gasteiger partial charge < -0.3 is 13.6 Å². The lowest BCUT2D eigenvalue weighted by Gasteiger charge is -2.15. The molecule has 0 spiro atoms. The molecule has 3 heteroatoms. The molecule has 0 saturated heterocycles. The zero-order chi connectivity index (χ0) is 33.5. The second-order valence-corrected chi connectivity index (χ2v) is 13.2. The maximum absolute atomic E-state index is 6.26. The van der Waals surface area contributed by atoms with Crippen LogP contribution >= 0.6 is 0 Å². The Morgan fingerprint density at radius 1 is 0.392 bits per heavy atom. The van der Waals surface area contributed by atoms with Gasteiger partial charge in [0, 0.05) is 38.3 Å². The van der Waals surface area contributed by atoms with Crippen molar-refractivity contribution in [2.24, 2.45) is 0 Å². The van der Waals surface area contributed by atoms with Gasteiger partial charge in [-0.1, -0.05) is 103 Å². The number of para-hydroxylation sites is 4. The molecule has 11 rings (SSSR count). The molecule has 0 bridgehead atoms. The molecule has 236 valence electrons. The molecular weight excluding hydrogens is 621 g/mol. The van der Waals surface area contributed by atoms with Crippen LogP contribution in [0.15, 0.2) is 174 Å². The van der Waals surface area contributed by atoms with Gasteiger partial charge in [-0.25, -0.2) is 0 Å². The fraction of sp³-hybridized carbons (Fsp3) is 0. The van der Waals surface area contributed by atoms with Crippen molar-refractivity contribution in [2.45, 2.75) is 0 Å². The van der Waals surface area contributed by atoms with Gasteiger partial charge >= 0.3 is 0 Å². The Morgan fingerprint density at radius 3 is 1.82 bits per heavy atom. The van der Waals surface area contributed by atoms with E-state index in [1.165, 1.54) is 21.8 Å². The number of rotatable bonds is 4. The molecule has 11 aromatic rings. The largest absolute Gasteiger partial charge is 0.456 e. The first-order chi connectivity index (χ1) is 25.3. The lowest BCUT2D eigenvalue weighted by atomic mass is 9.91. The summed E-state index contributed by atoms with van der Waals surface area (Å²) in [4.78, 5) is 0. The first-order valence-electron chi connectivity index (χ1n) is 17.3. The molecule has 0 fully saturated rings. The van der Waals surface area contributed by atoms with Crippen LogP contribution in [-0.2, 0) is 0 Å². The van der Waals surface area contributed by atoms with Crippen LogP contribution in [0.25, 0.3) is 99.2 Å². The average Bonchev–Trinajstić information content (AvgIpc) is 3.85. The molecule has 0 radical (unpaired) electrons. The van der Waals surface area contributed by atoms with Crippen LogP contribution in [-0.4, -0.2) is 9.13 Å². The number of nitrogens with zero attached hydrogens (tertiary/aromatic N) is 2.